The number of nitrogens with one attached hydrogen (secondary N) is 1. The first-order valence-corrected chi connectivity index (χ1v) is 9.73. The van der Waals surface area contributed by atoms with Gasteiger partial charge in [-0.25, -0.2) is 4.79 Å². The Morgan fingerprint density at radius 2 is 1.80 bits per heavy atom. The minimum absolute atomic E-state index is 0.246. The molecule has 1 atom stereocenters. The Kier molecular flexibility index (Phi) is 5.67. The first-order valence-electron chi connectivity index (χ1n) is 9.73. The van der Waals surface area contributed by atoms with Crippen LogP contribution in [0.15, 0.2) is 54.0 Å². The number of benzene rings is 2. The molecule has 0 radical (unpaired) electrons. The van der Waals surface area contributed by atoms with E-state index in [1.165, 1.54) is 0 Å². The Bertz CT molecular complexity index is 977. The van der Waals surface area contributed by atoms with Crippen LogP contribution in [0.25, 0.3) is 0 Å². The molecule has 0 fully saturated rings. The van der Waals surface area contributed by atoms with Crippen molar-refractivity contribution in [1.29, 1.82) is 0 Å². The molecule has 160 valence electrons. The molecule has 2 aromatic rings. The minimum atomic E-state index is -1.41. The Balaban J connectivity index is 2.01. The summed E-state index contributed by atoms with van der Waals surface area (Å²) in [6.07, 6.45) is 0.246. The van der Waals surface area contributed by atoms with Crippen molar-refractivity contribution in [2.45, 2.75) is 45.3 Å². The topological polar surface area (TPSA) is 109 Å². The number of nitrogens with two attached hydrogens (primary N) is 2. The normalized spacial score (nSPS) is 15.4. The van der Waals surface area contributed by atoms with Gasteiger partial charge in [-0.2, -0.15) is 0 Å². The van der Waals surface area contributed by atoms with E-state index in [1.807, 2.05) is 45.0 Å². The van der Waals surface area contributed by atoms with Crippen LogP contribution >= 0.6 is 0 Å². The summed E-state index contributed by atoms with van der Waals surface area (Å²) in [6.45, 7) is 7.22. The highest BCUT2D eigenvalue weighted by atomic mass is 16.6. The minimum Gasteiger partial charge on any atom is -0.497 e. The molecule has 5 N–H and O–H groups in total. The zero-order chi connectivity index (χ0) is 22.1. The number of carbonyl (C=O) groups excluding carboxylic acids is 1. The molecule has 0 bridgehead atoms. The van der Waals surface area contributed by atoms with Crippen LogP contribution in [-0.4, -0.2) is 18.7 Å². The van der Waals surface area contributed by atoms with Crippen molar-refractivity contribution < 1.29 is 19.0 Å². The number of rotatable bonds is 5. The van der Waals surface area contributed by atoms with Crippen molar-refractivity contribution in [2.24, 2.45) is 11.5 Å². The summed E-state index contributed by atoms with van der Waals surface area (Å²) < 4.78 is 16.6. The number of hydrogen-bond donors (Lipinski definition) is 3. The predicted molar refractivity (Wildman–Crippen MR) is 116 cm³/mol. The lowest BCUT2D eigenvalue weighted by molar-refractivity contribution is -0.162. The second-order valence-electron chi connectivity index (χ2n) is 8.41. The molecule has 1 aliphatic rings. The molecular formula is C23H29N3O4. The largest absolute Gasteiger partial charge is 0.497 e. The standard InChI is InChI=1S/C23H29N3O4/c1-14-20(24)26-18-12-16(8-11-19(18)29-14)23(25,21(27)30-22(2,3)4)13-15-6-9-17(28-5)10-7-15/h6-12,26H,13,24-25H2,1-5H3. The van der Waals surface area contributed by atoms with Gasteiger partial charge in [0, 0.05) is 6.42 Å². The van der Waals surface area contributed by atoms with Gasteiger partial charge in [0.25, 0.3) is 0 Å². The SMILES string of the molecule is COc1ccc(CC(N)(C(=O)OC(C)(C)C)c2ccc3c(c2)NC(N)=C(C)O3)cc1. The van der Waals surface area contributed by atoms with E-state index in [0.717, 1.165) is 11.3 Å². The smallest absolute Gasteiger partial charge is 0.331 e. The van der Waals surface area contributed by atoms with E-state index in [9.17, 15) is 4.79 Å². The van der Waals surface area contributed by atoms with Gasteiger partial charge in [-0.15, -0.1) is 0 Å². The molecule has 1 aliphatic heterocycles. The number of carbonyl (C=O) groups is 1. The summed E-state index contributed by atoms with van der Waals surface area (Å²) in [5.74, 6) is 1.82. The van der Waals surface area contributed by atoms with Crippen LogP contribution in [0.3, 0.4) is 0 Å². The lowest BCUT2D eigenvalue weighted by atomic mass is 9.84. The molecule has 0 amide bonds. The van der Waals surface area contributed by atoms with Crippen molar-refractivity contribution in [3.8, 4) is 11.5 Å². The van der Waals surface area contributed by atoms with Crippen molar-refractivity contribution in [3.63, 3.8) is 0 Å². The number of allylic oxidation sites excluding steroid dienone is 1. The molecule has 2 aromatic carbocycles. The number of hydrogen-bond acceptors (Lipinski definition) is 7. The number of esters is 1. The molecule has 0 saturated carbocycles. The fourth-order valence-electron chi connectivity index (χ4n) is 3.17. The quantitative estimate of drug-likeness (QED) is 0.647. The predicted octanol–water partition coefficient (Wildman–Crippen LogP) is 3.39. The van der Waals surface area contributed by atoms with Crippen LogP contribution in [0.4, 0.5) is 5.69 Å². The summed E-state index contributed by atoms with van der Waals surface area (Å²) in [6, 6.07) is 12.8. The lowest BCUT2D eigenvalue weighted by Crippen LogP contribution is -2.50. The second-order valence-corrected chi connectivity index (χ2v) is 8.41. The van der Waals surface area contributed by atoms with Crippen molar-refractivity contribution in [1.82, 2.24) is 0 Å². The highest BCUT2D eigenvalue weighted by molar-refractivity contribution is 5.84. The Hall–Kier alpha value is -3.19. The van der Waals surface area contributed by atoms with E-state index < -0.39 is 17.1 Å². The molecule has 7 nitrogen and oxygen atoms in total. The summed E-state index contributed by atoms with van der Waals surface area (Å²) in [4.78, 5) is 13.2. The summed E-state index contributed by atoms with van der Waals surface area (Å²) in [7, 11) is 1.60. The van der Waals surface area contributed by atoms with Gasteiger partial charge < -0.3 is 31.0 Å². The van der Waals surface area contributed by atoms with Crippen LogP contribution in [0.1, 0.15) is 38.8 Å². The van der Waals surface area contributed by atoms with Crippen LogP contribution < -0.4 is 26.3 Å². The van der Waals surface area contributed by atoms with Gasteiger partial charge in [-0.3, -0.25) is 0 Å². The van der Waals surface area contributed by atoms with E-state index >= 15 is 0 Å². The summed E-state index contributed by atoms with van der Waals surface area (Å²) >= 11 is 0. The zero-order valence-electron chi connectivity index (χ0n) is 18.0. The van der Waals surface area contributed by atoms with Crippen molar-refractivity contribution >= 4 is 11.7 Å². The number of anilines is 1. The van der Waals surface area contributed by atoms with E-state index in [-0.39, 0.29) is 6.42 Å². The van der Waals surface area contributed by atoms with Crippen LogP contribution in [0.5, 0.6) is 11.5 Å². The van der Waals surface area contributed by atoms with E-state index in [1.54, 1.807) is 32.2 Å². The van der Waals surface area contributed by atoms with Gasteiger partial charge in [0.05, 0.1) is 12.8 Å². The summed E-state index contributed by atoms with van der Waals surface area (Å²) in [5, 5.41) is 3.10. The van der Waals surface area contributed by atoms with Gasteiger partial charge >= 0.3 is 5.97 Å². The van der Waals surface area contributed by atoms with E-state index in [4.69, 9.17) is 25.7 Å². The highest BCUT2D eigenvalue weighted by Crippen LogP contribution is 2.36. The molecule has 0 spiro atoms. The molecule has 0 aliphatic carbocycles. The molecule has 1 heterocycles. The molecule has 7 heteroatoms. The van der Waals surface area contributed by atoms with Crippen molar-refractivity contribution in [2.75, 3.05) is 12.4 Å². The second kappa shape index (κ2) is 7.91. The maximum Gasteiger partial charge on any atom is 0.331 e. The average Bonchev–Trinajstić information content (AvgIpc) is 2.67. The summed E-state index contributed by atoms with van der Waals surface area (Å²) in [5.41, 5.74) is 12.7. The zero-order valence-corrected chi connectivity index (χ0v) is 18.0. The monoisotopic (exact) mass is 411 g/mol. The third-order valence-electron chi connectivity index (χ3n) is 4.81. The van der Waals surface area contributed by atoms with Gasteiger partial charge in [0.15, 0.2) is 5.75 Å². The van der Waals surface area contributed by atoms with Gasteiger partial charge in [-0.05, 0) is 63.1 Å². The van der Waals surface area contributed by atoms with E-state index in [2.05, 4.69) is 5.32 Å². The molecule has 30 heavy (non-hydrogen) atoms. The first kappa shape index (κ1) is 21.5. The maximum absolute atomic E-state index is 13.2. The molecular weight excluding hydrogens is 382 g/mol. The molecule has 3 rings (SSSR count). The number of fused-ring (bicyclic) bond motifs is 1. The molecule has 0 saturated heterocycles. The van der Waals surface area contributed by atoms with Gasteiger partial charge in [-0.1, -0.05) is 18.2 Å². The van der Waals surface area contributed by atoms with E-state index in [0.29, 0.717) is 28.6 Å². The van der Waals surface area contributed by atoms with Crippen molar-refractivity contribution in [3.05, 3.63) is 65.2 Å². The van der Waals surface area contributed by atoms with Crippen LogP contribution in [-0.2, 0) is 21.5 Å². The number of methoxy groups -OCH3 is 1. The van der Waals surface area contributed by atoms with Crippen LogP contribution in [0.2, 0.25) is 0 Å². The van der Waals surface area contributed by atoms with Gasteiger partial charge in [0.2, 0.25) is 0 Å². The third kappa shape index (κ3) is 4.52. The average molecular weight is 412 g/mol. The van der Waals surface area contributed by atoms with Crippen LogP contribution in [0, 0.1) is 0 Å². The lowest BCUT2D eigenvalue weighted by Gasteiger charge is -2.33. The fraction of sp³-hybridized carbons (Fsp3) is 0.348. The molecule has 1 unspecified atom stereocenters. The first-order chi connectivity index (χ1) is 14.0. The maximum atomic E-state index is 13.2. The fourth-order valence-corrected chi connectivity index (χ4v) is 3.17. The molecule has 0 aromatic heterocycles. The Morgan fingerprint density at radius 3 is 2.40 bits per heavy atom. The Morgan fingerprint density at radius 1 is 1.13 bits per heavy atom. The highest BCUT2D eigenvalue weighted by Gasteiger charge is 2.40. The third-order valence-corrected chi connectivity index (χ3v) is 4.81. The Labute approximate surface area is 177 Å². The van der Waals surface area contributed by atoms with Gasteiger partial charge in [0.1, 0.15) is 28.5 Å². The number of ether oxygens (including phenoxy) is 3.